The number of nitrogens with one attached hydrogen (secondary N) is 1. The highest BCUT2D eigenvalue weighted by Crippen LogP contribution is 2.09. The number of amides is 1. The highest BCUT2D eigenvalue weighted by molar-refractivity contribution is 7.90. The van der Waals surface area contributed by atoms with E-state index in [1.165, 1.54) is 12.3 Å². The molecule has 1 aromatic rings. The zero-order valence-corrected chi connectivity index (χ0v) is 11.6. The lowest BCUT2D eigenvalue weighted by atomic mass is 10.2. The predicted molar refractivity (Wildman–Crippen MR) is 72.1 cm³/mol. The molecule has 0 saturated heterocycles. The molecule has 0 spiro atoms. The number of rotatable bonds is 6. The first kappa shape index (κ1) is 16.1. The Kier molecular flexibility index (Phi) is 5.17. The number of carboxylic acid groups (broad SMARTS) is 1. The van der Waals surface area contributed by atoms with E-state index in [2.05, 4.69) is 10.3 Å². The van der Waals surface area contributed by atoms with Gasteiger partial charge in [0.25, 0.3) is 0 Å². The van der Waals surface area contributed by atoms with Crippen LogP contribution in [0.3, 0.4) is 0 Å². The Morgan fingerprint density at radius 3 is 2.65 bits per heavy atom. The van der Waals surface area contributed by atoms with Crippen LogP contribution < -0.4 is 11.1 Å². The first-order valence-electron chi connectivity index (χ1n) is 5.61. The molecule has 0 aliphatic carbocycles. The highest BCUT2D eigenvalue weighted by atomic mass is 32.2. The van der Waals surface area contributed by atoms with Crippen molar-refractivity contribution in [2.75, 3.05) is 17.3 Å². The van der Waals surface area contributed by atoms with Crippen LogP contribution in [0, 0.1) is 0 Å². The molecule has 4 N–H and O–H groups in total. The van der Waals surface area contributed by atoms with Gasteiger partial charge in [0.15, 0.2) is 0 Å². The molecule has 1 unspecified atom stereocenters. The van der Waals surface area contributed by atoms with E-state index >= 15 is 0 Å². The number of hydrogen-bond acceptors (Lipinski definition) is 6. The second kappa shape index (κ2) is 6.44. The Morgan fingerprint density at radius 1 is 1.45 bits per heavy atom. The van der Waals surface area contributed by atoms with Gasteiger partial charge in [0, 0.05) is 12.5 Å². The molecule has 0 fully saturated rings. The molecule has 8 nitrogen and oxygen atoms in total. The molecule has 0 radical (unpaired) electrons. The van der Waals surface area contributed by atoms with Crippen LogP contribution in [0.25, 0.3) is 0 Å². The summed E-state index contributed by atoms with van der Waals surface area (Å²) in [6.45, 7) is 0. The Balaban J connectivity index is 2.66. The molecule has 0 aliphatic heterocycles. The monoisotopic (exact) mass is 301 g/mol. The third-order valence-electron chi connectivity index (χ3n) is 2.39. The summed E-state index contributed by atoms with van der Waals surface area (Å²) < 4.78 is 21.9. The van der Waals surface area contributed by atoms with Gasteiger partial charge in [-0.2, -0.15) is 0 Å². The van der Waals surface area contributed by atoms with Gasteiger partial charge in [0.05, 0.1) is 29.2 Å². The lowest BCUT2D eigenvalue weighted by molar-refractivity contribution is -0.117. The summed E-state index contributed by atoms with van der Waals surface area (Å²) in [6.07, 6.45) is 3.45. The molecule has 9 heteroatoms. The van der Waals surface area contributed by atoms with E-state index in [-0.39, 0.29) is 23.4 Å². The summed E-state index contributed by atoms with van der Waals surface area (Å²) in [6, 6.07) is 0.231. The average molecular weight is 301 g/mol. The molecule has 0 saturated carbocycles. The third-order valence-corrected chi connectivity index (χ3v) is 3.37. The SMILES string of the molecule is CS(=O)(=O)CCC(N)C(=O)Nc1cncc(C(=O)O)c1. The molecule has 0 bridgehead atoms. The van der Waals surface area contributed by atoms with Crippen molar-refractivity contribution in [2.24, 2.45) is 5.73 Å². The summed E-state index contributed by atoms with van der Waals surface area (Å²) in [5.74, 6) is -1.97. The molecule has 1 heterocycles. The van der Waals surface area contributed by atoms with Crippen molar-refractivity contribution in [1.82, 2.24) is 4.98 Å². The molecule has 20 heavy (non-hydrogen) atoms. The number of anilines is 1. The van der Waals surface area contributed by atoms with Crippen LogP contribution >= 0.6 is 0 Å². The number of aromatic carboxylic acids is 1. The first-order chi connectivity index (χ1) is 9.19. The van der Waals surface area contributed by atoms with Gasteiger partial charge in [-0.3, -0.25) is 9.78 Å². The van der Waals surface area contributed by atoms with Gasteiger partial charge in [-0.15, -0.1) is 0 Å². The van der Waals surface area contributed by atoms with Gasteiger partial charge in [-0.1, -0.05) is 0 Å². The number of aromatic nitrogens is 1. The van der Waals surface area contributed by atoms with Crippen LogP contribution in [0.4, 0.5) is 5.69 Å². The van der Waals surface area contributed by atoms with Gasteiger partial charge in [-0.25, -0.2) is 13.2 Å². The van der Waals surface area contributed by atoms with Crippen LogP contribution in [-0.4, -0.2) is 48.4 Å². The second-order valence-corrected chi connectivity index (χ2v) is 6.54. The minimum atomic E-state index is -3.19. The van der Waals surface area contributed by atoms with E-state index in [1.807, 2.05) is 0 Å². The molecule has 0 aliphatic rings. The zero-order valence-electron chi connectivity index (χ0n) is 10.7. The van der Waals surface area contributed by atoms with Crippen LogP contribution in [-0.2, 0) is 14.6 Å². The van der Waals surface area contributed by atoms with Gasteiger partial charge >= 0.3 is 5.97 Å². The number of sulfone groups is 1. The van der Waals surface area contributed by atoms with Crippen LogP contribution in [0.15, 0.2) is 18.5 Å². The minimum absolute atomic E-state index is 0.0171. The third kappa shape index (κ3) is 5.33. The first-order valence-corrected chi connectivity index (χ1v) is 7.67. The van der Waals surface area contributed by atoms with E-state index in [0.29, 0.717) is 0 Å². The highest BCUT2D eigenvalue weighted by Gasteiger charge is 2.16. The van der Waals surface area contributed by atoms with E-state index in [9.17, 15) is 18.0 Å². The number of pyridine rings is 1. The number of carboxylic acids is 1. The number of nitrogens with two attached hydrogens (primary N) is 1. The number of hydrogen-bond donors (Lipinski definition) is 3. The lowest BCUT2D eigenvalue weighted by Gasteiger charge is -2.11. The maximum Gasteiger partial charge on any atom is 0.337 e. The zero-order chi connectivity index (χ0) is 15.3. The largest absolute Gasteiger partial charge is 0.478 e. The van der Waals surface area contributed by atoms with E-state index in [0.717, 1.165) is 12.5 Å². The molecule has 110 valence electrons. The summed E-state index contributed by atoms with van der Waals surface area (Å²) >= 11 is 0. The molecule has 1 rings (SSSR count). The van der Waals surface area contributed by atoms with Crippen LogP contribution in [0.2, 0.25) is 0 Å². The van der Waals surface area contributed by atoms with Crippen molar-refractivity contribution in [3.63, 3.8) is 0 Å². The quantitative estimate of drug-likeness (QED) is 0.642. The lowest BCUT2D eigenvalue weighted by Crippen LogP contribution is -2.37. The Labute approximate surface area is 115 Å². The average Bonchev–Trinajstić information content (AvgIpc) is 2.35. The van der Waals surface area contributed by atoms with E-state index in [4.69, 9.17) is 10.8 Å². The van der Waals surface area contributed by atoms with Gasteiger partial charge in [0.1, 0.15) is 9.84 Å². The fraction of sp³-hybridized carbons (Fsp3) is 0.364. The van der Waals surface area contributed by atoms with Crippen molar-refractivity contribution in [3.8, 4) is 0 Å². The number of carbonyl (C=O) groups excluding carboxylic acids is 1. The molecular weight excluding hydrogens is 286 g/mol. The fourth-order valence-electron chi connectivity index (χ4n) is 1.33. The van der Waals surface area contributed by atoms with Crippen molar-refractivity contribution in [1.29, 1.82) is 0 Å². The van der Waals surface area contributed by atoms with Crippen molar-refractivity contribution >= 4 is 27.4 Å². The summed E-state index contributed by atoms with van der Waals surface area (Å²) in [5, 5.41) is 11.2. The Hall–Kier alpha value is -2.00. The summed E-state index contributed by atoms with van der Waals surface area (Å²) in [7, 11) is -3.19. The van der Waals surface area contributed by atoms with Gasteiger partial charge in [0.2, 0.25) is 5.91 Å². The Bertz CT molecular complexity index is 614. The van der Waals surface area contributed by atoms with E-state index in [1.54, 1.807) is 0 Å². The van der Waals surface area contributed by atoms with Gasteiger partial charge in [-0.05, 0) is 12.5 Å². The maximum absolute atomic E-state index is 11.7. The maximum atomic E-state index is 11.7. The molecule has 0 aromatic carbocycles. The standard InChI is InChI=1S/C11H15N3O5S/c1-20(18,19)3-2-9(12)10(15)14-8-4-7(11(16)17)5-13-6-8/h4-6,9H,2-3,12H2,1H3,(H,14,15)(H,16,17). The minimum Gasteiger partial charge on any atom is -0.478 e. The van der Waals surface area contributed by atoms with Crippen molar-refractivity contribution in [2.45, 2.75) is 12.5 Å². The second-order valence-electron chi connectivity index (χ2n) is 4.28. The normalized spacial score (nSPS) is 12.7. The number of nitrogens with zero attached hydrogens (tertiary/aromatic N) is 1. The smallest absolute Gasteiger partial charge is 0.337 e. The molecule has 1 aromatic heterocycles. The van der Waals surface area contributed by atoms with Crippen molar-refractivity contribution in [3.05, 3.63) is 24.0 Å². The molecular formula is C11H15N3O5S. The van der Waals surface area contributed by atoms with Gasteiger partial charge < -0.3 is 16.2 Å². The summed E-state index contributed by atoms with van der Waals surface area (Å²) in [5.41, 5.74) is 5.67. The van der Waals surface area contributed by atoms with Crippen molar-refractivity contribution < 1.29 is 23.1 Å². The molecule has 1 atom stereocenters. The van der Waals surface area contributed by atoms with Crippen LogP contribution in [0.5, 0.6) is 0 Å². The summed E-state index contributed by atoms with van der Waals surface area (Å²) in [4.78, 5) is 26.1. The number of carbonyl (C=O) groups is 2. The topological polar surface area (TPSA) is 139 Å². The fourth-order valence-corrected chi connectivity index (χ4v) is 2.01. The molecule has 1 amide bonds. The Morgan fingerprint density at radius 2 is 2.10 bits per heavy atom. The van der Waals surface area contributed by atoms with Crippen LogP contribution in [0.1, 0.15) is 16.8 Å². The van der Waals surface area contributed by atoms with E-state index < -0.39 is 27.8 Å². The predicted octanol–water partition coefficient (Wildman–Crippen LogP) is -0.520.